The molecule has 0 aliphatic heterocycles. The lowest BCUT2D eigenvalue weighted by atomic mass is 10.5. The quantitative estimate of drug-likeness (QED) is 0.477. The van der Waals surface area contributed by atoms with Crippen molar-refractivity contribution < 1.29 is 4.79 Å². The molecule has 0 bridgehead atoms. The number of ketones is 1. The summed E-state index contributed by atoms with van der Waals surface area (Å²) in [5.74, 6) is 2.37. The Morgan fingerprint density at radius 3 is 1.83 bits per heavy atom. The first-order valence-corrected chi connectivity index (χ1v) is 7.07. The minimum absolute atomic E-state index is 0.176. The van der Waals surface area contributed by atoms with Gasteiger partial charge in [-0.2, -0.15) is 0 Å². The van der Waals surface area contributed by atoms with E-state index in [2.05, 4.69) is 26.6 Å². The van der Waals surface area contributed by atoms with Gasteiger partial charge >= 0.3 is 0 Å². The summed E-state index contributed by atoms with van der Waals surface area (Å²) in [6, 6.07) is 0. The van der Waals surface area contributed by atoms with Crippen molar-refractivity contribution in [3.63, 3.8) is 0 Å². The molecule has 0 radical (unpaired) electrons. The van der Waals surface area contributed by atoms with E-state index in [-0.39, 0.29) is 5.78 Å². The van der Waals surface area contributed by atoms with E-state index >= 15 is 0 Å². The summed E-state index contributed by atoms with van der Waals surface area (Å²) in [5.41, 5.74) is 0. The third kappa shape index (κ3) is 3.49. The topological polar surface area (TPSA) is 17.1 Å². The van der Waals surface area contributed by atoms with E-state index in [9.17, 15) is 4.79 Å². The van der Waals surface area contributed by atoms with Gasteiger partial charge in [0.2, 0.25) is 0 Å². The molecule has 0 saturated carbocycles. The van der Waals surface area contributed by atoms with Gasteiger partial charge in [0.05, 0.1) is 24.3 Å². The van der Waals surface area contributed by atoms with Gasteiger partial charge < -0.3 is 0 Å². The van der Waals surface area contributed by atoms with Crippen LogP contribution in [0, 0.1) is 0 Å². The molecule has 0 atom stereocenters. The molecule has 2 heteroatoms. The van der Waals surface area contributed by atoms with E-state index < -0.39 is 7.26 Å². The van der Waals surface area contributed by atoms with Gasteiger partial charge in [0, 0.05) is 13.3 Å². The van der Waals surface area contributed by atoms with Gasteiger partial charge in [-0.1, -0.05) is 0 Å². The summed E-state index contributed by atoms with van der Waals surface area (Å²) in [6.45, 7) is 8.30. The fraction of sp³-hybridized carbons (Fsp3) is 0.700. The van der Waals surface area contributed by atoms with E-state index in [1.54, 1.807) is 13.0 Å². The average molecular weight is 187 g/mol. The van der Waals surface area contributed by atoms with Crippen molar-refractivity contribution in [3.8, 4) is 0 Å². The van der Waals surface area contributed by atoms with Crippen LogP contribution in [0.4, 0.5) is 0 Å². The van der Waals surface area contributed by atoms with Crippen LogP contribution < -0.4 is 0 Å². The predicted molar refractivity (Wildman–Crippen MR) is 58.4 cm³/mol. The molecule has 0 amide bonds. The van der Waals surface area contributed by atoms with Gasteiger partial charge in [0.1, 0.15) is 0 Å². The van der Waals surface area contributed by atoms with Gasteiger partial charge in [0.15, 0.2) is 5.78 Å². The highest BCUT2D eigenvalue weighted by Gasteiger charge is 2.27. The Morgan fingerprint density at radius 2 is 1.58 bits per heavy atom. The highest BCUT2D eigenvalue weighted by molar-refractivity contribution is 7.78. The summed E-state index contributed by atoms with van der Waals surface area (Å²) in [6.07, 6.45) is 5.43. The second kappa shape index (κ2) is 5.48. The van der Waals surface area contributed by atoms with E-state index in [1.165, 1.54) is 18.5 Å². The standard InChI is InChI=1S/C10H20OP/c1-5-12(6-2,7-3)9-8-10(4)11/h8-9H,5-7H2,1-4H3/q+1. The molecule has 0 fully saturated rings. The van der Waals surface area contributed by atoms with E-state index in [0.717, 1.165) is 0 Å². The van der Waals surface area contributed by atoms with Crippen LogP contribution in [-0.4, -0.2) is 24.3 Å². The Morgan fingerprint density at radius 1 is 1.17 bits per heavy atom. The highest BCUT2D eigenvalue weighted by Crippen LogP contribution is 2.59. The zero-order valence-electron chi connectivity index (χ0n) is 8.63. The molecule has 1 nitrogen and oxygen atoms in total. The van der Waals surface area contributed by atoms with E-state index in [0.29, 0.717) is 0 Å². The molecule has 0 heterocycles. The molecular formula is C10H20OP+. The minimum atomic E-state index is -0.894. The van der Waals surface area contributed by atoms with Crippen molar-refractivity contribution in [3.05, 3.63) is 11.9 Å². The van der Waals surface area contributed by atoms with Crippen LogP contribution >= 0.6 is 7.26 Å². The lowest BCUT2D eigenvalue weighted by Gasteiger charge is -2.17. The van der Waals surface area contributed by atoms with Gasteiger partial charge in [-0.15, -0.1) is 0 Å². The number of allylic oxidation sites excluding steroid dienone is 1. The smallest absolute Gasteiger partial charge is 0.155 e. The van der Waals surface area contributed by atoms with Gasteiger partial charge in [-0.05, 0) is 27.7 Å². The molecule has 0 rings (SSSR count). The maximum atomic E-state index is 10.8. The summed E-state index contributed by atoms with van der Waals surface area (Å²) in [4.78, 5) is 10.8. The number of hydrogen-bond acceptors (Lipinski definition) is 1. The number of hydrogen-bond donors (Lipinski definition) is 0. The van der Waals surface area contributed by atoms with Crippen LogP contribution in [0.2, 0.25) is 0 Å². The molecule has 0 unspecified atom stereocenters. The maximum Gasteiger partial charge on any atom is 0.155 e. The lowest BCUT2D eigenvalue weighted by Crippen LogP contribution is -1.99. The minimum Gasteiger partial charge on any atom is -0.295 e. The largest absolute Gasteiger partial charge is 0.295 e. The third-order valence-electron chi connectivity index (χ3n) is 2.51. The predicted octanol–water partition coefficient (Wildman–Crippen LogP) is 3.17. The molecule has 0 saturated heterocycles. The molecule has 0 aromatic heterocycles. The highest BCUT2D eigenvalue weighted by atomic mass is 31.2. The van der Waals surface area contributed by atoms with Gasteiger partial charge in [0.25, 0.3) is 0 Å². The Labute approximate surface area is 76.6 Å². The van der Waals surface area contributed by atoms with Crippen LogP contribution in [0.5, 0.6) is 0 Å². The van der Waals surface area contributed by atoms with Crippen molar-refractivity contribution in [1.29, 1.82) is 0 Å². The Kier molecular flexibility index (Phi) is 5.41. The summed E-state index contributed by atoms with van der Waals surface area (Å²) in [7, 11) is -0.894. The SMILES string of the molecule is CC[P+](C=CC(C)=O)(CC)CC. The van der Waals surface area contributed by atoms with Crippen molar-refractivity contribution in [1.82, 2.24) is 0 Å². The van der Waals surface area contributed by atoms with Crippen LogP contribution in [0.25, 0.3) is 0 Å². The molecule has 0 aliphatic rings. The Hall–Kier alpha value is -0.160. The van der Waals surface area contributed by atoms with E-state index in [4.69, 9.17) is 0 Å². The first kappa shape index (κ1) is 11.8. The molecule has 0 N–H and O–H groups in total. The van der Waals surface area contributed by atoms with Crippen molar-refractivity contribution in [2.75, 3.05) is 18.5 Å². The molecule has 0 spiro atoms. The van der Waals surface area contributed by atoms with Crippen LogP contribution in [0.1, 0.15) is 27.7 Å². The first-order chi connectivity index (χ1) is 5.60. The summed E-state index contributed by atoms with van der Waals surface area (Å²) < 4.78 is 0. The third-order valence-corrected chi connectivity index (χ3v) is 7.08. The number of carbonyl (C=O) groups excluding carboxylic acids is 1. The molecule has 70 valence electrons. The lowest BCUT2D eigenvalue weighted by molar-refractivity contribution is -0.112. The van der Waals surface area contributed by atoms with Crippen molar-refractivity contribution in [2.45, 2.75) is 27.7 Å². The van der Waals surface area contributed by atoms with Gasteiger partial charge in [-0.3, -0.25) is 4.79 Å². The Bertz CT molecular complexity index is 160. The van der Waals surface area contributed by atoms with Crippen LogP contribution in [-0.2, 0) is 4.79 Å². The second-order valence-corrected chi connectivity index (χ2v) is 7.73. The molecule has 0 aromatic carbocycles. The van der Waals surface area contributed by atoms with Crippen LogP contribution in [0.15, 0.2) is 11.9 Å². The van der Waals surface area contributed by atoms with Gasteiger partial charge in [-0.25, -0.2) is 0 Å². The van der Waals surface area contributed by atoms with Crippen LogP contribution in [0.3, 0.4) is 0 Å². The monoisotopic (exact) mass is 187 g/mol. The fourth-order valence-corrected chi connectivity index (χ4v) is 3.75. The maximum absolute atomic E-state index is 10.8. The van der Waals surface area contributed by atoms with Crippen molar-refractivity contribution in [2.24, 2.45) is 0 Å². The molecule has 12 heavy (non-hydrogen) atoms. The normalized spacial score (nSPS) is 12.3. The number of carbonyl (C=O) groups is 1. The molecular weight excluding hydrogens is 167 g/mol. The zero-order chi connectivity index (χ0) is 9.61. The number of rotatable bonds is 5. The van der Waals surface area contributed by atoms with Crippen molar-refractivity contribution >= 4 is 13.0 Å². The zero-order valence-corrected chi connectivity index (χ0v) is 9.53. The average Bonchev–Trinajstić information content (AvgIpc) is 2.08. The summed E-state index contributed by atoms with van der Waals surface area (Å²) >= 11 is 0. The summed E-state index contributed by atoms with van der Waals surface area (Å²) in [5, 5.41) is 0. The van der Waals surface area contributed by atoms with E-state index in [1.807, 2.05) is 0 Å². The molecule has 0 aromatic rings. The molecule has 0 aliphatic carbocycles. The Balaban J connectivity index is 4.39. The fourth-order valence-electron chi connectivity index (χ4n) is 1.25. The second-order valence-electron chi connectivity index (χ2n) is 3.09. The first-order valence-electron chi connectivity index (χ1n) is 4.65.